The number of aryl methyl sites for hydroxylation is 1. The highest BCUT2D eigenvalue weighted by Gasteiger charge is 2.22. The summed E-state index contributed by atoms with van der Waals surface area (Å²) in [5.41, 5.74) is 3.76. The highest BCUT2D eigenvalue weighted by molar-refractivity contribution is 5.54. The Labute approximate surface area is 98.8 Å². The van der Waals surface area contributed by atoms with E-state index in [-0.39, 0.29) is 5.41 Å². The molecule has 0 radical (unpaired) electrons. The standard InChI is InChI=1S/C11H14N2.C3H8/c1-8-9-6-11(2,3)5-4-10(9)13-7-12-8;1-3-2/h4-5,7H,6H2,1-3H3;3H2,1-2H3. The normalized spacial score (nSPS) is 16.1. The van der Waals surface area contributed by atoms with Gasteiger partial charge in [0.25, 0.3) is 0 Å². The van der Waals surface area contributed by atoms with Gasteiger partial charge in [0.1, 0.15) is 6.33 Å². The molecule has 88 valence electrons. The third kappa shape index (κ3) is 3.16. The number of allylic oxidation sites excluding steroid dienone is 1. The molecule has 0 fully saturated rings. The maximum atomic E-state index is 4.25. The van der Waals surface area contributed by atoms with Crippen LogP contribution in [0.1, 0.15) is 51.1 Å². The van der Waals surface area contributed by atoms with E-state index in [2.05, 4.69) is 56.7 Å². The number of aromatic nitrogens is 2. The first-order chi connectivity index (χ1) is 7.50. The van der Waals surface area contributed by atoms with Gasteiger partial charge in [0, 0.05) is 5.69 Å². The summed E-state index contributed by atoms with van der Waals surface area (Å²) in [5.74, 6) is 0. The van der Waals surface area contributed by atoms with Crippen molar-refractivity contribution in [3.8, 4) is 0 Å². The lowest BCUT2D eigenvalue weighted by Crippen LogP contribution is -2.17. The van der Waals surface area contributed by atoms with Crippen LogP contribution in [0.3, 0.4) is 0 Å². The zero-order valence-electron chi connectivity index (χ0n) is 11.0. The predicted molar refractivity (Wildman–Crippen MR) is 69.3 cm³/mol. The second-order valence-electron chi connectivity index (χ2n) is 5.03. The summed E-state index contributed by atoms with van der Waals surface area (Å²) >= 11 is 0. The molecule has 2 nitrogen and oxygen atoms in total. The van der Waals surface area contributed by atoms with Gasteiger partial charge in [-0.2, -0.15) is 0 Å². The largest absolute Gasteiger partial charge is 0.241 e. The summed E-state index contributed by atoms with van der Waals surface area (Å²) in [6.07, 6.45) is 8.26. The second-order valence-corrected chi connectivity index (χ2v) is 5.03. The van der Waals surface area contributed by atoms with E-state index in [9.17, 15) is 0 Å². The van der Waals surface area contributed by atoms with Crippen molar-refractivity contribution >= 4 is 6.08 Å². The molecule has 0 aliphatic heterocycles. The highest BCUT2D eigenvalue weighted by Crippen LogP contribution is 2.31. The topological polar surface area (TPSA) is 25.8 Å². The number of rotatable bonds is 0. The van der Waals surface area contributed by atoms with Crippen molar-refractivity contribution in [3.63, 3.8) is 0 Å². The van der Waals surface area contributed by atoms with Gasteiger partial charge in [0.2, 0.25) is 0 Å². The van der Waals surface area contributed by atoms with Crippen LogP contribution in [0, 0.1) is 12.3 Å². The average Bonchev–Trinajstić information content (AvgIpc) is 2.20. The number of fused-ring (bicyclic) bond motifs is 1. The van der Waals surface area contributed by atoms with E-state index in [1.54, 1.807) is 6.33 Å². The molecule has 2 rings (SSSR count). The van der Waals surface area contributed by atoms with E-state index in [1.807, 2.05) is 0 Å². The molecule has 0 saturated heterocycles. The minimum absolute atomic E-state index is 0.252. The molecule has 0 aromatic carbocycles. The van der Waals surface area contributed by atoms with Gasteiger partial charge in [-0.1, -0.05) is 40.2 Å². The summed E-state index contributed by atoms with van der Waals surface area (Å²) in [6, 6.07) is 0. The van der Waals surface area contributed by atoms with Gasteiger partial charge in [-0.15, -0.1) is 0 Å². The molecule has 0 saturated carbocycles. The Hall–Kier alpha value is -1.18. The van der Waals surface area contributed by atoms with Crippen molar-refractivity contribution in [2.45, 2.75) is 47.5 Å². The molecule has 1 aliphatic rings. The van der Waals surface area contributed by atoms with E-state index in [0.29, 0.717) is 0 Å². The SMILES string of the molecule is CCC.Cc1ncnc2c1CC(C)(C)C=C2. The Balaban J connectivity index is 0.000000386. The fourth-order valence-electron chi connectivity index (χ4n) is 1.70. The molecule has 0 N–H and O–H groups in total. The summed E-state index contributed by atoms with van der Waals surface area (Å²) in [6.45, 7) is 10.8. The van der Waals surface area contributed by atoms with Gasteiger partial charge >= 0.3 is 0 Å². The van der Waals surface area contributed by atoms with Gasteiger partial charge in [0.05, 0.1) is 5.69 Å². The molecular weight excluding hydrogens is 196 g/mol. The van der Waals surface area contributed by atoms with Crippen LogP contribution in [0.4, 0.5) is 0 Å². The zero-order chi connectivity index (χ0) is 12.2. The van der Waals surface area contributed by atoms with Crippen LogP contribution >= 0.6 is 0 Å². The van der Waals surface area contributed by atoms with Crippen molar-refractivity contribution in [1.29, 1.82) is 0 Å². The van der Waals surface area contributed by atoms with Crippen LogP contribution in [0.15, 0.2) is 12.4 Å². The Morgan fingerprint density at radius 1 is 1.25 bits per heavy atom. The van der Waals surface area contributed by atoms with E-state index in [1.165, 1.54) is 12.0 Å². The minimum atomic E-state index is 0.252. The van der Waals surface area contributed by atoms with Gasteiger partial charge in [0.15, 0.2) is 0 Å². The van der Waals surface area contributed by atoms with Crippen LogP contribution < -0.4 is 0 Å². The molecule has 0 atom stereocenters. The van der Waals surface area contributed by atoms with Crippen LogP contribution in [-0.4, -0.2) is 9.97 Å². The Morgan fingerprint density at radius 2 is 1.88 bits per heavy atom. The average molecular weight is 218 g/mol. The lowest BCUT2D eigenvalue weighted by molar-refractivity contribution is 0.470. The first kappa shape index (κ1) is 12.9. The molecule has 1 aromatic rings. The van der Waals surface area contributed by atoms with Crippen LogP contribution in [-0.2, 0) is 6.42 Å². The summed E-state index contributed by atoms with van der Waals surface area (Å²) < 4.78 is 0. The van der Waals surface area contributed by atoms with Gasteiger partial charge in [-0.05, 0) is 30.4 Å². The van der Waals surface area contributed by atoms with Crippen molar-refractivity contribution < 1.29 is 0 Å². The second kappa shape index (κ2) is 5.24. The minimum Gasteiger partial charge on any atom is -0.241 e. The molecule has 1 heterocycles. The number of hydrogen-bond donors (Lipinski definition) is 0. The summed E-state index contributed by atoms with van der Waals surface area (Å²) in [5, 5.41) is 0. The van der Waals surface area contributed by atoms with Crippen LogP contribution in [0.25, 0.3) is 6.08 Å². The molecule has 1 aromatic heterocycles. The predicted octanol–water partition coefficient (Wildman–Crippen LogP) is 3.80. The number of nitrogens with zero attached hydrogens (tertiary/aromatic N) is 2. The Morgan fingerprint density at radius 3 is 2.50 bits per heavy atom. The third-order valence-corrected chi connectivity index (χ3v) is 2.52. The molecule has 1 aliphatic carbocycles. The molecule has 0 spiro atoms. The van der Waals surface area contributed by atoms with E-state index in [4.69, 9.17) is 0 Å². The van der Waals surface area contributed by atoms with Gasteiger partial charge in [-0.25, -0.2) is 9.97 Å². The van der Waals surface area contributed by atoms with Crippen LogP contribution in [0.2, 0.25) is 0 Å². The zero-order valence-corrected chi connectivity index (χ0v) is 11.0. The summed E-state index contributed by atoms with van der Waals surface area (Å²) in [4.78, 5) is 8.46. The fourth-order valence-corrected chi connectivity index (χ4v) is 1.70. The van der Waals surface area contributed by atoms with Crippen molar-refractivity contribution in [2.24, 2.45) is 5.41 Å². The van der Waals surface area contributed by atoms with E-state index >= 15 is 0 Å². The lowest BCUT2D eigenvalue weighted by Gasteiger charge is -2.25. The molecule has 16 heavy (non-hydrogen) atoms. The van der Waals surface area contributed by atoms with Crippen molar-refractivity contribution in [1.82, 2.24) is 9.97 Å². The van der Waals surface area contributed by atoms with E-state index in [0.717, 1.165) is 17.8 Å². The Kier molecular flexibility index (Phi) is 4.22. The lowest BCUT2D eigenvalue weighted by atomic mass is 9.80. The summed E-state index contributed by atoms with van der Waals surface area (Å²) in [7, 11) is 0. The maximum Gasteiger partial charge on any atom is 0.116 e. The first-order valence-electron chi connectivity index (χ1n) is 6.00. The Bertz CT molecular complexity index is 378. The van der Waals surface area contributed by atoms with Crippen molar-refractivity contribution in [3.05, 3.63) is 29.4 Å². The molecular formula is C14H22N2. The van der Waals surface area contributed by atoms with Gasteiger partial charge < -0.3 is 0 Å². The highest BCUT2D eigenvalue weighted by atomic mass is 14.8. The van der Waals surface area contributed by atoms with Crippen molar-refractivity contribution in [2.75, 3.05) is 0 Å². The molecule has 0 bridgehead atoms. The third-order valence-electron chi connectivity index (χ3n) is 2.52. The molecule has 0 unspecified atom stereocenters. The van der Waals surface area contributed by atoms with Gasteiger partial charge in [-0.3, -0.25) is 0 Å². The number of hydrogen-bond acceptors (Lipinski definition) is 2. The monoisotopic (exact) mass is 218 g/mol. The smallest absolute Gasteiger partial charge is 0.116 e. The molecule has 0 amide bonds. The van der Waals surface area contributed by atoms with E-state index < -0.39 is 0 Å². The molecule has 2 heteroatoms. The maximum absolute atomic E-state index is 4.25. The fraction of sp³-hybridized carbons (Fsp3) is 0.571. The quantitative estimate of drug-likeness (QED) is 0.662. The first-order valence-corrected chi connectivity index (χ1v) is 6.00. The van der Waals surface area contributed by atoms with Crippen LogP contribution in [0.5, 0.6) is 0 Å².